The van der Waals surface area contributed by atoms with E-state index in [0.29, 0.717) is 23.9 Å². The van der Waals surface area contributed by atoms with Crippen LogP contribution in [-0.4, -0.2) is 21.6 Å². The van der Waals surface area contributed by atoms with Crippen molar-refractivity contribution in [2.75, 3.05) is 11.1 Å². The largest absolute Gasteiger partial charge is 0.433 e. The molecule has 4 nitrogen and oxygen atoms in total. The number of benzene rings is 2. The fourth-order valence-corrected chi connectivity index (χ4v) is 3.34. The van der Waals surface area contributed by atoms with Crippen molar-refractivity contribution < 1.29 is 35.5 Å². The summed E-state index contributed by atoms with van der Waals surface area (Å²) in [4.78, 5) is 19.5. The second kappa shape index (κ2) is 9.56. The fraction of sp³-hybridized carbons (Fsp3) is 0.150. The summed E-state index contributed by atoms with van der Waals surface area (Å²) >= 11 is 6.34. The Hall–Kier alpha value is -2.86. The maximum absolute atomic E-state index is 13.2. The highest BCUT2D eigenvalue weighted by Gasteiger charge is 2.34. The van der Waals surface area contributed by atoms with E-state index < -0.39 is 46.2 Å². The number of anilines is 1. The Morgan fingerprint density at radius 1 is 0.939 bits per heavy atom. The van der Waals surface area contributed by atoms with Crippen LogP contribution >= 0.6 is 23.4 Å². The molecule has 1 aromatic heterocycles. The van der Waals surface area contributed by atoms with E-state index in [9.17, 15) is 35.5 Å². The normalized spacial score (nSPS) is 12.0. The van der Waals surface area contributed by atoms with E-state index in [1.54, 1.807) is 0 Å². The SMILES string of the molecule is O=C(CSc1nc(-c2ccc(F)cc2)cc(C(F)(F)F)n1)Nc1cc(C(F)(F)F)ccc1Cl. The molecule has 0 aliphatic carbocycles. The molecule has 174 valence electrons. The van der Waals surface area contributed by atoms with Gasteiger partial charge in [0.25, 0.3) is 0 Å². The standard InChI is InChI=1S/C20H11ClF7N3OS/c21-13-6-3-11(19(23,24)25)7-15(13)29-17(32)9-33-18-30-14(8-16(31-18)20(26,27)28)10-1-4-12(22)5-2-10/h1-8H,9H2,(H,29,32). The zero-order chi connectivity index (χ0) is 24.4. The Bertz CT molecular complexity index is 1170. The number of hydrogen-bond acceptors (Lipinski definition) is 4. The van der Waals surface area contributed by atoms with Gasteiger partial charge in [-0.2, -0.15) is 26.3 Å². The zero-order valence-electron chi connectivity index (χ0n) is 16.1. The smallest absolute Gasteiger partial charge is 0.324 e. The van der Waals surface area contributed by atoms with Crippen molar-refractivity contribution in [1.29, 1.82) is 0 Å². The Morgan fingerprint density at radius 3 is 2.21 bits per heavy atom. The molecule has 3 rings (SSSR count). The van der Waals surface area contributed by atoms with Crippen LogP contribution in [0.3, 0.4) is 0 Å². The van der Waals surface area contributed by atoms with E-state index in [1.165, 1.54) is 12.1 Å². The number of amides is 1. The van der Waals surface area contributed by atoms with E-state index in [-0.39, 0.29) is 22.0 Å². The Balaban J connectivity index is 1.80. The third-order valence-corrected chi connectivity index (χ3v) is 5.21. The van der Waals surface area contributed by atoms with Gasteiger partial charge in [-0.05, 0) is 48.5 Å². The molecule has 2 aromatic carbocycles. The average Bonchev–Trinajstić information content (AvgIpc) is 2.73. The molecule has 0 aliphatic rings. The van der Waals surface area contributed by atoms with Gasteiger partial charge in [-0.1, -0.05) is 23.4 Å². The van der Waals surface area contributed by atoms with Gasteiger partial charge in [-0.15, -0.1) is 0 Å². The number of hydrogen-bond donors (Lipinski definition) is 1. The first-order valence-electron chi connectivity index (χ1n) is 8.84. The van der Waals surface area contributed by atoms with Gasteiger partial charge in [-0.3, -0.25) is 4.79 Å². The summed E-state index contributed by atoms with van der Waals surface area (Å²) in [5, 5.41) is 1.61. The van der Waals surface area contributed by atoms with E-state index in [1.807, 2.05) is 0 Å². The first-order chi connectivity index (χ1) is 15.3. The fourth-order valence-electron chi connectivity index (χ4n) is 2.52. The predicted octanol–water partition coefficient (Wildman–Crippen LogP) is 6.70. The number of carbonyl (C=O) groups excluding carboxylic acids is 1. The van der Waals surface area contributed by atoms with Crippen LogP contribution in [0.1, 0.15) is 11.3 Å². The minimum atomic E-state index is -4.82. The van der Waals surface area contributed by atoms with Gasteiger partial charge in [0.15, 0.2) is 5.16 Å². The molecule has 0 bridgehead atoms. The number of rotatable bonds is 5. The summed E-state index contributed by atoms with van der Waals surface area (Å²) in [5.74, 6) is -1.95. The maximum Gasteiger partial charge on any atom is 0.433 e. The highest BCUT2D eigenvalue weighted by molar-refractivity contribution is 7.99. The summed E-state index contributed by atoms with van der Waals surface area (Å²) in [6.07, 6.45) is -9.48. The van der Waals surface area contributed by atoms with Crippen LogP contribution in [0, 0.1) is 5.82 Å². The Kier molecular flexibility index (Phi) is 7.17. The number of nitrogens with one attached hydrogen (secondary N) is 1. The van der Waals surface area contributed by atoms with Crippen LogP contribution in [0.5, 0.6) is 0 Å². The van der Waals surface area contributed by atoms with Gasteiger partial charge in [0.05, 0.1) is 27.7 Å². The molecule has 0 radical (unpaired) electrons. The van der Waals surface area contributed by atoms with Crippen LogP contribution in [0.4, 0.5) is 36.4 Å². The minimum Gasteiger partial charge on any atom is -0.324 e. The molecule has 1 N–H and O–H groups in total. The summed E-state index contributed by atoms with van der Waals surface area (Å²) < 4.78 is 91.4. The second-order valence-corrected chi connectivity index (χ2v) is 7.80. The number of carbonyl (C=O) groups is 1. The van der Waals surface area contributed by atoms with Crippen molar-refractivity contribution in [3.63, 3.8) is 0 Å². The van der Waals surface area contributed by atoms with Gasteiger partial charge in [0.1, 0.15) is 11.5 Å². The quantitative estimate of drug-likeness (QED) is 0.236. The van der Waals surface area contributed by atoms with Gasteiger partial charge < -0.3 is 5.32 Å². The van der Waals surface area contributed by atoms with Gasteiger partial charge >= 0.3 is 12.4 Å². The highest BCUT2D eigenvalue weighted by Crippen LogP contribution is 2.34. The topological polar surface area (TPSA) is 54.9 Å². The van der Waals surface area contributed by atoms with E-state index in [2.05, 4.69) is 15.3 Å². The molecule has 0 fully saturated rings. The van der Waals surface area contributed by atoms with Crippen LogP contribution in [0.15, 0.2) is 53.7 Å². The zero-order valence-corrected chi connectivity index (χ0v) is 17.6. The van der Waals surface area contributed by atoms with Crippen LogP contribution < -0.4 is 5.32 Å². The molecule has 1 amide bonds. The van der Waals surface area contributed by atoms with Crippen LogP contribution in [0.2, 0.25) is 5.02 Å². The monoisotopic (exact) mass is 509 g/mol. The third-order valence-electron chi connectivity index (χ3n) is 4.04. The molecular weight excluding hydrogens is 499 g/mol. The lowest BCUT2D eigenvalue weighted by Crippen LogP contribution is -2.16. The summed E-state index contributed by atoms with van der Waals surface area (Å²) in [7, 11) is 0. The lowest BCUT2D eigenvalue weighted by atomic mass is 10.1. The van der Waals surface area contributed by atoms with Crippen LogP contribution in [-0.2, 0) is 17.1 Å². The molecular formula is C20H11ClF7N3OS. The van der Waals surface area contributed by atoms with Gasteiger partial charge in [-0.25, -0.2) is 14.4 Å². The second-order valence-electron chi connectivity index (χ2n) is 6.45. The molecule has 0 aliphatic heterocycles. The first kappa shape index (κ1) is 24.8. The lowest BCUT2D eigenvalue weighted by Gasteiger charge is -2.12. The third kappa shape index (κ3) is 6.57. The van der Waals surface area contributed by atoms with Crippen molar-refractivity contribution in [1.82, 2.24) is 9.97 Å². The van der Waals surface area contributed by atoms with Crippen LogP contribution in [0.25, 0.3) is 11.3 Å². The Morgan fingerprint density at radius 2 is 1.61 bits per heavy atom. The number of nitrogens with zero attached hydrogens (tertiary/aromatic N) is 2. The number of halogens is 8. The number of alkyl halides is 6. The molecule has 0 saturated heterocycles. The molecule has 0 atom stereocenters. The first-order valence-corrected chi connectivity index (χ1v) is 10.2. The van der Waals surface area contributed by atoms with E-state index in [0.717, 1.165) is 24.3 Å². The van der Waals surface area contributed by atoms with Gasteiger partial charge in [0.2, 0.25) is 5.91 Å². The van der Waals surface area contributed by atoms with E-state index >= 15 is 0 Å². The molecule has 0 unspecified atom stereocenters. The predicted molar refractivity (Wildman–Crippen MR) is 108 cm³/mol. The van der Waals surface area contributed by atoms with Gasteiger partial charge in [0, 0.05) is 5.56 Å². The number of aromatic nitrogens is 2. The van der Waals surface area contributed by atoms with Crippen molar-refractivity contribution in [3.8, 4) is 11.3 Å². The molecule has 13 heteroatoms. The molecule has 3 aromatic rings. The molecule has 33 heavy (non-hydrogen) atoms. The number of thioether (sulfide) groups is 1. The summed E-state index contributed by atoms with van der Waals surface area (Å²) in [6, 6.07) is 7.56. The van der Waals surface area contributed by atoms with Crippen molar-refractivity contribution in [2.24, 2.45) is 0 Å². The van der Waals surface area contributed by atoms with Crippen molar-refractivity contribution in [2.45, 2.75) is 17.5 Å². The maximum atomic E-state index is 13.2. The molecule has 0 spiro atoms. The van der Waals surface area contributed by atoms with Crippen molar-refractivity contribution >= 4 is 35.0 Å². The summed E-state index contributed by atoms with van der Waals surface area (Å²) in [5.41, 5.74) is -2.60. The van der Waals surface area contributed by atoms with Crippen molar-refractivity contribution in [3.05, 3.63) is 70.6 Å². The summed E-state index contributed by atoms with van der Waals surface area (Å²) in [6.45, 7) is 0. The molecule has 0 saturated carbocycles. The highest BCUT2D eigenvalue weighted by atomic mass is 35.5. The lowest BCUT2D eigenvalue weighted by molar-refractivity contribution is -0.141. The average molecular weight is 510 g/mol. The minimum absolute atomic E-state index is 0.152. The molecule has 1 heterocycles. The van der Waals surface area contributed by atoms with E-state index in [4.69, 9.17) is 11.6 Å². The Labute approximate surface area is 191 Å².